The minimum Gasteiger partial charge on any atom is -0.383 e. The second kappa shape index (κ2) is 8.06. The molecule has 0 saturated carbocycles. The zero-order valence-electron chi connectivity index (χ0n) is 13.6. The Labute approximate surface area is 136 Å². The van der Waals surface area contributed by atoms with Gasteiger partial charge in [0.25, 0.3) is 0 Å². The van der Waals surface area contributed by atoms with Crippen molar-refractivity contribution in [1.29, 1.82) is 0 Å². The molecular weight excluding hydrogens is 302 g/mol. The first-order valence-electron chi connectivity index (χ1n) is 7.14. The van der Waals surface area contributed by atoms with Crippen molar-refractivity contribution in [2.75, 3.05) is 25.9 Å². The van der Waals surface area contributed by atoms with Crippen molar-refractivity contribution >= 4 is 29.1 Å². The number of aliphatic imine (C=N–C) groups is 1. The average Bonchev–Trinajstić information content (AvgIpc) is 2.97. The van der Waals surface area contributed by atoms with E-state index < -0.39 is 5.60 Å². The van der Waals surface area contributed by atoms with Crippen molar-refractivity contribution in [1.82, 2.24) is 10.6 Å². The number of nitrogens with one attached hydrogen (secondary N) is 2. The van der Waals surface area contributed by atoms with E-state index in [9.17, 15) is 5.11 Å². The van der Waals surface area contributed by atoms with Crippen LogP contribution in [0.15, 0.2) is 22.5 Å². The number of thiophene rings is 1. The number of nitrogens with zero attached hydrogens (tertiary/aromatic N) is 1. The van der Waals surface area contributed by atoms with Crippen LogP contribution in [0, 0.1) is 0 Å². The van der Waals surface area contributed by atoms with Gasteiger partial charge in [-0.3, -0.25) is 4.99 Å². The van der Waals surface area contributed by atoms with E-state index in [4.69, 9.17) is 0 Å². The predicted octanol–water partition coefficient (Wildman–Crippen LogP) is 2.65. The maximum Gasteiger partial charge on any atom is 0.191 e. The smallest absolute Gasteiger partial charge is 0.191 e. The SMILES string of the molecule is CCNC(=NCC(C)(C)SC)NCC(C)(O)c1cccs1. The van der Waals surface area contributed by atoms with Crippen LogP contribution in [0.25, 0.3) is 0 Å². The molecule has 1 heterocycles. The van der Waals surface area contributed by atoms with Crippen molar-refractivity contribution in [2.24, 2.45) is 4.99 Å². The molecule has 1 aromatic heterocycles. The van der Waals surface area contributed by atoms with Crippen molar-refractivity contribution < 1.29 is 5.11 Å². The van der Waals surface area contributed by atoms with Crippen LogP contribution in [0.4, 0.5) is 0 Å². The van der Waals surface area contributed by atoms with Crippen molar-refractivity contribution in [3.05, 3.63) is 22.4 Å². The molecule has 0 aromatic carbocycles. The molecule has 120 valence electrons. The van der Waals surface area contributed by atoms with Crippen LogP contribution in [-0.4, -0.2) is 41.7 Å². The Morgan fingerprint density at radius 3 is 2.62 bits per heavy atom. The molecule has 0 aliphatic heterocycles. The second-order valence-electron chi connectivity index (χ2n) is 5.76. The standard InChI is InChI=1S/C15H27N3OS2/c1-6-16-13(17-10-14(2,3)20-5)18-11-15(4,19)12-8-7-9-21-12/h7-9,19H,6,10-11H2,1-5H3,(H2,16,17,18). The summed E-state index contributed by atoms with van der Waals surface area (Å²) < 4.78 is 0.110. The number of aliphatic hydroxyl groups is 1. The molecule has 0 amide bonds. The first-order valence-corrected chi connectivity index (χ1v) is 9.25. The van der Waals surface area contributed by atoms with Gasteiger partial charge in [-0.05, 0) is 45.4 Å². The highest BCUT2D eigenvalue weighted by Crippen LogP contribution is 2.24. The van der Waals surface area contributed by atoms with Crippen LogP contribution in [0.3, 0.4) is 0 Å². The van der Waals surface area contributed by atoms with Gasteiger partial charge in [-0.2, -0.15) is 11.8 Å². The average molecular weight is 330 g/mol. The van der Waals surface area contributed by atoms with Crippen LogP contribution in [0.5, 0.6) is 0 Å². The summed E-state index contributed by atoms with van der Waals surface area (Å²) in [5.74, 6) is 0.747. The van der Waals surface area contributed by atoms with Gasteiger partial charge in [-0.25, -0.2) is 0 Å². The Kier molecular flexibility index (Phi) is 7.03. The molecule has 3 N–H and O–H groups in total. The van der Waals surface area contributed by atoms with Crippen LogP contribution >= 0.6 is 23.1 Å². The lowest BCUT2D eigenvalue weighted by molar-refractivity contribution is 0.0655. The lowest BCUT2D eigenvalue weighted by atomic mass is 10.1. The molecule has 1 rings (SSSR count). The third-order valence-corrected chi connectivity index (χ3v) is 5.52. The Morgan fingerprint density at radius 2 is 2.10 bits per heavy atom. The molecule has 0 bridgehead atoms. The highest BCUT2D eigenvalue weighted by atomic mass is 32.2. The quantitative estimate of drug-likeness (QED) is 0.532. The molecule has 0 aliphatic rings. The van der Waals surface area contributed by atoms with Crippen molar-refractivity contribution in [2.45, 2.75) is 38.0 Å². The van der Waals surface area contributed by atoms with E-state index in [2.05, 4.69) is 35.7 Å². The third-order valence-electron chi connectivity index (χ3n) is 3.17. The number of hydrogen-bond acceptors (Lipinski definition) is 4. The van der Waals surface area contributed by atoms with Gasteiger partial charge in [-0.1, -0.05) is 6.07 Å². The zero-order chi connectivity index (χ0) is 15.9. The van der Waals surface area contributed by atoms with Crippen molar-refractivity contribution in [3.63, 3.8) is 0 Å². The summed E-state index contributed by atoms with van der Waals surface area (Å²) in [6, 6.07) is 3.90. The Morgan fingerprint density at radius 1 is 1.38 bits per heavy atom. The Hall–Kier alpha value is -0.720. The first kappa shape index (κ1) is 18.3. The Balaban J connectivity index is 2.64. The lowest BCUT2D eigenvalue weighted by Crippen LogP contribution is -2.44. The molecule has 21 heavy (non-hydrogen) atoms. The van der Waals surface area contributed by atoms with Gasteiger partial charge in [0.05, 0.1) is 13.1 Å². The summed E-state index contributed by atoms with van der Waals surface area (Å²) in [4.78, 5) is 5.56. The van der Waals surface area contributed by atoms with Crippen LogP contribution in [0.2, 0.25) is 0 Å². The van der Waals surface area contributed by atoms with E-state index in [0.717, 1.165) is 23.9 Å². The third kappa shape index (κ3) is 6.28. The molecule has 0 aliphatic carbocycles. The topological polar surface area (TPSA) is 56.7 Å². The molecule has 1 atom stereocenters. The highest BCUT2D eigenvalue weighted by Gasteiger charge is 2.24. The minimum atomic E-state index is -0.890. The van der Waals surface area contributed by atoms with Gasteiger partial charge < -0.3 is 15.7 Å². The van der Waals surface area contributed by atoms with Crippen LogP contribution < -0.4 is 10.6 Å². The fourth-order valence-electron chi connectivity index (χ4n) is 1.60. The summed E-state index contributed by atoms with van der Waals surface area (Å²) in [6.07, 6.45) is 2.09. The molecule has 0 radical (unpaired) electrons. The summed E-state index contributed by atoms with van der Waals surface area (Å²) in [7, 11) is 0. The summed E-state index contributed by atoms with van der Waals surface area (Å²) in [5, 5.41) is 19.0. The Bertz CT molecular complexity index is 442. The minimum absolute atomic E-state index is 0.110. The molecule has 1 unspecified atom stereocenters. The van der Waals surface area contributed by atoms with E-state index in [0.29, 0.717) is 6.54 Å². The fourth-order valence-corrected chi connectivity index (χ4v) is 2.58. The lowest BCUT2D eigenvalue weighted by Gasteiger charge is -2.25. The van der Waals surface area contributed by atoms with Crippen LogP contribution in [0.1, 0.15) is 32.6 Å². The van der Waals surface area contributed by atoms with Gasteiger partial charge in [0.2, 0.25) is 0 Å². The molecule has 4 nitrogen and oxygen atoms in total. The zero-order valence-corrected chi connectivity index (χ0v) is 15.2. The molecule has 1 aromatic rings. The van der Waals surface area contributed by atoms with E-state index in [1.165, 1.54) is 0 Å². The van der Waals surface area contributed by atoms with Crippen LogP contribution in [-0.2, 0) is 5.60 Å². The monoisotopic (exact) mass is 329 g/mol. The summed E-state index contributed by atoms with van der Waals surface area (Å²) in [5.41, 5.74) is -0.890. The fraction of sp³-hybridized carbons (Fsp3) is 0.667. The van der Waals surface area contributed by atoms with E-state index >= 15 is 0 Å². The van der Waals surface area contributed by atoms with Gasteiger partial charge in [0.15, 0.2) is 5.96 Å². The van der Waals surface area contributed by atoms with Gasteiger partial charge in [0.1, 0.15) is 5.60 Å². The number of guanidine groups is 1. The predicted molar refractivity (Wildman–Crippen MR) is 95.5 cm³/mol. The normalized spacial score (nSPS) is 15.6. The van der Waals surface area contributed by atoms with Crippen molar-refractivity contribution in [3.8, 4) is 0 Å². The maximum atomic E-state index is 10.5. The maximum absolute atomic E-state index is 10.5. The van der Waals surface area contributed by atoms with Gasteiger partial charge in [-0.15, -0.1) is 11.3 Å². The second-order valence-corrected chi connectivity index (χ2v) is 8.22. The van der Waals surface area contributed by atoms with E-state index in [1.54, 1.807) is 23.1 Å². The molecule has 0 fully saturated rings. The first-order chi connectivity index (χ1) is 9.80. The summed E-state index contributed by atoms with van der Waals surface area (Å²) >= 11 is 3.36. The van der Waals surface area contributed by atoms with E-state index in [-0.39, 0.29) is 4.75 Å². The summed E-state index contributed by atoms with van der Waals surface area (Å²) in [6.45, 7) is 10.2. The van der Waals surface area contributed by atoms with Gasteiger partial charge in [0, 0.05) is 16.2 Å². The molecule has 6 heteroatoms. The molecule has 0 saturated heterocycles. The van der Waals surface area contributed by atoms with Gasteiger partial charge >= 0.3 is 0 Å². The number of hydrogen-bond donors (Lipinski definition) is 3. The van der Waals surface area contributed by atoms with E-state index in [1.807, 2.05) is 31.4 Å². The number of thioether (sulfide) groups is 1. The highest BCUT2D eigenvalue weighted by molar-refractivity contribution is 7.99. The largest absolute Gasteiger partial charge is 0.383 e. The number of rotatable bonds is 7. The molecular formula is C15H27N3OS2. The molecule has 0 spiro atoms.